The van der Waals surface area contributed by atoms with Gasteiger partial charge in [-0.25, -0.2) is 0 Å². The summed E-state index contributed by atoms with van der Waals surface area (Å²) in [6.45, 7) is 4.54. The van der Waals surface area contributed by atoms with Crippen molar-refractivity contribution in [2.24, 2.45) is 17.6 Å². The molecule has 4 nitrogen and oxygen atoms in total. The second-order valence-electron chi connectivity index (χ2n) is 6.83. The molecule has 19 heavy (non-hydrogen) atoms. The highest BCUT2D eigenvalue weighted by Gasteiger charge is 2.38. The Labute approximate surface area is 115 Å². The summed E-state index contributed by atoms with van der Waals surface area (Å²) in [6.07, 6.45) is 8.12. The van der Waals surface area contributed by atoms with E-state index in [1.807, 2.05) is 0 Å². The van der Waals surface area contributed by atoms with Gasteiger partial charge in [-0.15, -0.1) is 0 Å². The minimum atomic E-state index is -0.360. The van der Waals surface area contributed by atoms with Crippen LogP contribution < -0.4 is 5.73 Å². The lowest BCUT2D eigenvalue weighted by Gasteiger charge is -2.33. The van der Waals surface area contributed by atoms with Gasteiger partial charge in [0.1, 0.15) is 0 Å². The summed E-state index contributed by atoms with van der Waals surface area (Å²) >= 11 is 0. The van der Waals surface area contributed by atoms with Crippen molar-refractivity contribution in [1.82, 2.24) is 10.1 Å². The van der Waals surface area contributed by atoms with Crippen LogP contribution in [0.25, 0.3) is 0 Å². The van der Waals surface area contributed by atoms with Crippen molar-refractivity contribution in [1.29, 1.82) is 0 Å². The van der Waals surface area contributed by atoms with Gasteiger partial charge in [-0.2, -0.15) is 4.98 Å². The molecule has 1 aromatic rings. The molecule has 1 heterocycles. The molecule has 2 fully saturated rings. The van der Waals surface area contributed by atoms with E-state index in [4.69, 9.17) is 10.3 Å². The number of nitrogens with two attached hydrogens (primary N) is 1. The summed E-state index contributed by atoms with van der Waals surface area (Å²) in [6, 6.07) is 0. The second-order valence-corrected chi connectivity index (χ2v) is 6.83. The Kier molecular flexibility index (Phi) is 3.37. The van der Waals surface area contributed by atoms with Gasteiger partial charge in [-0.05, 0) is 37.5 Å². The van der Waals surface area contributed by atoms with E-state index < -0.39 is 0 Å². The molecule has 106 valence electrons. The summed E-state index contributed by atoms with van der Waals surface area (Å²) in [5.74, 6) is 3.33. The zero-order chi connectivity index (χ0) is 13.5. The third-order valence-corrected chi connectivity index (χ3v) is 5.10. The van der Waals surface area contributed by atoms with E-state index >= 15 is 0 Å². The molecule has 2 aliphatic rings. The van der Waals surface area contributed by atoms with E-state index in [-0.39, 0.29) is 5.54 Å². The fourth-order valence-electron chi connectivity index (χ4n) is 3.90. The maximum atomic E-state index is 6.53. The SMILES string of the molecule is CC1CCCC(N)(c2noc(C3CCCC3C)n2)C1. The zero-order valence-corrected chi connectivity index (χ0v) is 12.1. The fourth-order valence-corrected chi connectivity index (χ4v) is 3.90. The monoisotopic (exact) mass is 263 g/mol. The standard InChI is InChI=1S/C15H25N3O/c1-10-5-4-8-15(16,9-10)14-17-13(19-18-14)12-7-3-6-11(12)2/h10-12H,3-9,16H2,1-2H3. The van der Waals surface area contributed by atoms with Crippen LogP contribution in [0, 0.1) is 11.8 Å². The summed E-state index contributed by atoms with van der Waals surface area (Å²) in [4.78, 5) is 4.67. The van der Waals surface area contributed by atoms with Gasteiger partial charge in [0.25, 0.3) is 0 Å². The largest absolute Gasteiger partial charge is 0.339 e. The molecule has 4 unspecified atom stereocenters. The third kappa shape index (κ3) is 2.42. The number of aromatic nitrogens is 2. The molecular formula is C15H25N3O. The van der Waals surface area contributed by atoms with E-state index in [0.717, 1.165) is 24.6 Å². The van der Waals surface area contributed by atoms with Crippen molar-refractivity contribution in [2.45, 2.75) is 70.3 Å². The van der Waals surface area contributed by atoms with Crippen molar-refractivity contribution in [2.75, 3.05) is 0 Å². The number of hydrogen-bond acceptors (Lipinski definition) is 4. The molecule has 0 radical (unpaired) electrons. The van der Waals surface area contributed by atoms with Crippen LogP contribution in [0.1, 0.15) is 76.4 Å². The first-order valence-corrected chi connectivity index (χ1v) is 7.71. The van der Waals surface area contributed by atoms with Crippen LogP contribution >= 0.6 is 0 Å². The Bertz CT molecular complexity index is 444. The summed E-state index contributed by atoms with van der Waals surface area (Å²) in [5.41, 5.74) is 6.17. The minimum Gasteiger partial charge on any atom is -0.339 e. The Balaban J connectivity index is 1.80. The van der Waals surface area contributed by atoms with Gasteiger partial charge < -0.3 is 10.3 Å². The lowest BCUT2D eigenvalue weighted by Crippen LogP contribution is -2.42. The van der Waals surface area contributed by atoms with Crippen LogP contribution in [-0.2, 0) is 5.54 Å². The Hall–Kier alpha value is -0.900. The highest BCUT2D eigenvalue weighted by molar-refractivity contribution is 5.08. The average molecular weight is 263 g/mol. The lowest BCUT2D eigenvalue weighted by atomic mass is 9.76. The maximum absolute atomic E-state index is 6.53. The van der Waals surface area contributed by atoms with Crippen molar-refractivity contribution in [3.8, 4) is 0 Å². The highest BCUT2D eigenvalue weighted by Crippen LogP contribution is 2.40. The van der Waals surface area contributed by atoms with E-state index in [1.165, 1.54) is 32.1 Å². The fraction of sp³-hybridized carbons (Fsp3) is 0.867. The predicted octanol–water partition coefficient (Wildman–Crippen LogP) is 3.34. The summed E-state index contributed by atoms with van der Waals surface area (Å²) in [5, 5.41) is 4.21. The average Bonchev–Trinajstić information content (AvgIpc) is 2.96. The normalized spacial score (nSPS) is 39.6. The number of hydrogen-bond donors (Lipinski definition) is 1. The number of nitrogens with zero attached hydrogens (tertiary/aromatic N) is 2. The van der Waals surface area contributed by atoms with Gasteiger partial charge in [-0.1, -0.05) is 38.3 Å². The molecule has 2 aliphatic carbocycles. The Morgan fingerprint density at radius 1 is 1.21 bits per heavy atom. The van der Waals surface area contributed by atoms with Crippen LogP contribution in [0.2, 0.25) is 0 Å². The van der Waals surface area contributed by atoms with Crippen molar-refractivity contribution in [3.05, 3.63) is 11.7 Å². The predicted molar refractivity (Wildman–Crippen MR) is 73.6 cm³/mol. The van der Waals surface area contributed by atoms with Gasteiger partial charge in [0.05, 0.1) is 5.54 Å². The Morgan fingerprint density at radius 3 is 2.74 bits per heavy atom. The molecule has 0 amide bonds. The second kappa shape index (κ2) is 4.89. The molecule has 4 atom stereocenters. The van der Waals surface area contributed by atoms with E-state index in [0.29, 0.717) is 17.8 Å². The summed E-state index contributed by atoms with van der Waals surface area (Å²) < 4.78 is 5.53. The van der Waals surface area contributed by atoms with Crippen LogP contribution in [0.4, 0.5) is 0 Å². The minimum absolute atomic E-state index is 0.360. The van der Waals surface area contributed by atoms with E-state index in [1.54, 1.807) is 0 Å². The van der Waals surface area contributed by atoms with E-state index in [9.17, 15) is 0 Å². The molecule has 0 spiro atoms. The van der Waals surface area contributed by atoms with Gasteiger partial charge in [0.2, 0.25) is 5.89 Å². The van der Waals surface area contributed by atoms with Gasteiger partial charge in [0.15, 0.2) is 5.82 Å². The van der Waals surface area contributed by atoms with Crippen molar-refractivity contribution in [3.63, 3.8) is 0 Å². The molecule has 0 saturated heterocycles. The quantitative estimate of drug-likeness (QED) is 0.888. The smallest absolute Gasteiger partial charge is 0.230 e. The van der Waals surface area contributed by atoms with Crippen LogP contribution in [-0.4, -0.2) is 10.1 Å². The Morgan fingerprint density at radius 2 is 2.05 bits per heavy atom. The maximum Gasteiger partial charge on any atom is 0.230 e. The first kappa shape index (κ1) is 13.1. The molecule has 2 N–H and O–H groups in total. The van der Waals surface area contributed by atoms with Crippen molar-refractivity contribution >= 4 is 0 Å². The van der Waals surface area contributed by atoms with Gasteiger partial charge >= 0.3 is 0 Å². The summed E-state index contributed by atoms with van der Waals surface area (Å²) in [7, 11) is 0. The molecule has 0 bridgehead atoms. The molecular weight excluding hydrogens is 238 g/mol. The molecule has 0 aliphatic heterocycles. The lowest BCUT2D eigenvalue weighted by molar-refractivity contribution is 0.221. The van der Waals surface area contributed by atoms with Gasteiger partial charge in [0, 0.05) is 5.92 Å². The highest BCUT2D eigenvalue weighted by atomic mass is 16.5. The molecule has 1 aromatic heterocycles. The zero-order valence-electron chi connectivity index (χ0n) is 12.1. The first-order valence-electron chi connectivity index (χ1n) is 7.71. The van der Waals surface area contributed by atoms with Crippen LogP contribution in [0.3, 0.4) is 0 Å². The molecule has 2 saturated carbocycles. The van der Waals surface area contributed by atoms with Crippen molar-refractivity contribution < 1.29 is 4.52 Å². The third-order valence-electron chi connectivity index (χ3n) is 5.10. The molecule has 0 aromatic carbocycles. The topological polar surface area (TPSA) is 64.9 Å². The van der Waals surface area contributed by atoms with Crippen LogP contribution in [0.5, 0.6) is 0 Å². The van der Waals surface area contributed by atoms with Gasteiger partial charge in [-0.3, -0.25) is 0 Å². The molecule has 3 rings (SSSR count). The molecule has 4 heteroatoms. The van der Waals surface area contributed by atoms with E-state index in [2.05, 4.69) is 24.0 Å². The first-order chi connectivity index (χ1) is 9.08. The van der Waals surface area contributed by atoms with Crippen LogP contribution in [0.15, 0.2) is 4.52 Å². The number of rotatable bonds is 2.